The molecule has 1 aromatic carbocycles. The Morgan fingerprint density at radius 3 is 2.00 bits per heavy atom. The fraction of sp³-hybridized carbons (Fsp3) is 0.558. The Morgan fingerprint density at radius 1 is 0.794 bits per heavy atom. The van der Waals surface area contributed by atoms with Gasteiger partial charge in [-0.25, -0.2) is 14.4 Å². The Bertz CT molecular complexity index is 2190. The van der Waals surface area contributed by atoms with Gasteiger partial charge in [-0.2, -0.15) is 0 Å². The maximum Gasteiger partial charge on any atom is 0.350 e. The van der Waals surface area contributed by atoms with Crippen LogP contribution < -0.4 is 0 Å². The lowest BCUT2D eigenvalue weighted by Gasteiger charge is -2.67. The van der Waals surface area contributed by atoms with Crippen LogP contribution in [-0.4, -0.2) is 135 Å². The van der Waals surface area contributed by atoms with Crippen molar-refractivity contribution in [3.05, 3.63) is 65.5 Å². The van der Waals surface area contributed by atoms with E-state index in [2.05, 4.69) is 4.98 Å². The van der Waals surface area contributed by atoms with Crippen LogP contribution in [0.2, 0.25) is 0 Å². The lowest BCUT2D eigenvalue weighted by atomic mass is 9.45. The molecule has 2 aromatic rings. The van der Waals surface area contributed by atoms with E-state index in [0.717, 1.165) is 41.5 Å². The van der Waals surface area contributed by atoms with Gasteiger partial charge in [-0.05, 0) is 51.5 Å². The van der Waals surface area contributed by atoms with Crippen molar-refractivity contribution in [2.75, 3.05) is 13.2 Å². The molecule has 340 valence electrons. The van der Waals surface area contributed by atoms with Crippen LogP contribution in [0, 0.1) is 11.3 Å². The van der Waals surface area contributed by atoms with E-state index in [4.69, 9.17) is 42.6 Å². The van der Waals surface area contributed by atoms with E-state index in [1.165, 1.54) is 44.3 Å². The lowest BCUT2D eigenvalue weighted by molar-refractivity contribution is -0.387. The first-order chi connectivity index (χ1) is 29.5. The maximum atomic E-state index is 14.9. The minimum Gasteiger partial charge on any atom is -0.465 e. The van der Waals surface area contributed by atoms with Crippen LogP contribution in [0.15, 0.2) is 48.7 Å². The van der Waals surface area contributed by atoms with E-state index in [-0.39, 0.29) is 23.2 Å². The van der Waals surface area contributed by atoms with Crippen molar-refractivity contribution in [1.29, 1.82) is 0 Å². The summed E-state index contributed by atoms with van der Waals surface area (Å²) in [6.45, 7) is 6.48. The fourth-order valence-electron chi connectivity index (χ4n) is 9.79. The number of pyridine rings is 1. The lowest BCUT2D eigenvalue weighted by Crippen LogP contribution is -2.89. The van der Waals surface area contributed by atoms with Gasteiger partial charge < -0.3 is 52.8 Å². The molecule has 20 heteroatoms. The summed E-state index contributed by atoms with van der Waals surface area (Å²) >= 11 is 0. The van der Waals surface area contributed by atoms with Gasteiger partial charge in [-0.3, -0.25) is 29.0 Å². The van der Waals surface area contributed by atoms with Crippen LogP contribution in [0.3, 0.4) is 0 Å². The average Bonchev–Trinajstić information content (AvgIpc) is 3.42. The number of benzene rings is 1. The summed E-state index contributed by atoms with van der Waals surface area (Å²) in [5, 5.41) is 26.0. The number of hydrogen-bond acceptors (Lipinski definition) is 20. The molecular weight excluding hydrogens is 834 g/mol. The molecule has 12 atom stereocenters. The summed E-state index contributed by atoms with van der Waals surface area (Å²) < 4.78 is 54.1. The predicted octanol–water partition coefficient (Wildman–Crippen LogP) is 1.27. The normalized spacial score (nSPS) is 35.8. The van der Waals surface area contributed by atoms with Crippen LogP contribution >= 0.6 is 0 Å². The first-order valence-corrected chi connectivity index (χ1v) is 20.0. The minimum absolute atomic E-state index is 0.0215. The molecule has 0 radical (unpaired) electrons. The Hall–Kier alpha value is -5.99. The van der Waals surface area contributed by atoms with Gasteiger partial charge in [0.05, 0.1) is 22.7 Å². The number of rotatable bonds is 8. The summed E-state index contributed by atoms with van der Waals surface area (Å²) in [4.78, 5) is 113. The molecule has 4 aliphatic rings. The van der Waals surface area contributed by atoms with E-state index >= 15 is 0 Å². The Morgan fingerprint density at radius 2 is 1.40 bits per heavy atom. The largest absolute Gasteiger partial charge is 0.465 e. The highest BCUT2D eigenvalue weighted by atomic mass is 16.7. The number of fused-ring (bicyclic) bond motifs is 5. The van der Waals surface area contributed by atoms with Crippen molar-refractivity contribution < 1.29 is 91.2 Å². The molecule has 63 heavy (non-hydrogen) atoms. The Balaban J connectivity index is 1.71. The van der Waals surface area contributed by atoms with E-state index in [0.29, 0.717) is 0 Å². The van der Waals surface area contributed by atoms with Crippen LogP contribution in [-0.2, 0) is 77.8 Å². The molecule has 2 aliphatic heterocycles. The Labute approximate surface area is 360 Å². The molecular formula is C43H49NO19. The number of aromatic nitrogens is 1. The second-order valence-electron chi connectivity index (χ2n) is 16.7. The molecule has 20 nitrogen and oxygen atoms in total. The second-order valence-corrected chi connectivity index (χ2v) is 16.7. The molecule has 4 bridgehead atoms. The topological polar surface area (TPSA) is 273 Å². The molecule has 3 fully saturated rings. The van der Waals surface area contributed by atoms with E-state index in [9.17, 15) is 48.6 Å². The molecule has 2 saturated carbocycles. The van der Waals surface area contributed by atoms with Gasteiger partial charge in [0.25, 0.3) is 0 Å². The van der Waals surface area contributed by atoms with Crippen molar-refractivity contribution in [3.8, 4) is 0 Å². The summed E-state index contributed by atoms with van der Waals surface area (Å²) in [6, 6.07) is 10.4. The van der Waals surface area contributed by atoms with E-state index in [1.54, 1.807) is 18.2 Å². The number of aliphatic hydroxyl groups is 2. The van der Waals surface area contributed by atoms with Gasteiger partial charge in [0.15, 0.2) is 17.8 Å². The standard InChI is InChI=1S/C43H49NO19/c1-21(45)55-20-42-34(59-24(4)48)30(50)33-41(8,54)43(42)32(58-23(3)47)29(31(57-22(2)46)35(42)60-25(5)49)40(7,63-43)19-56-37(52)27-15-12-18-44-28(27)16-17-39(6,38(53)61-33)62-36(51)26-13-10-9-11-14-26/h9-15,18,29-35,50,54H,16-17,19-20H2,1-8H3. The van der Waals surface area contributed by atoms with Crippen LogP contribution in [0.1, 0.15) is 88.2 Å². The van der Waals surface area contributed by atoms with Crippen molar-refractivity contribution >= 4 is 47.8 Å². The zero-order valence-electron chi connectivity index (χ0n) is 35.8. The average molecular weight is 884 g/mol. The molecule has 2 aliphatic carbocycles. The van der Waals surface area contributed by atoms with Crippen LogP contribution in [0.4, 0.5) is 0 Å². The van der Waals surface area contributed by atoms with Crippen molar-refractivity contribution in [1.82, 2.24) is 4.98 Å². The number of cyclic esters (lactones) is 1. The molecule has 1 aromatic heterocycles. The number of ether oxygens (including phenoxy) is 9. The number of carbonyl (C=O) groups excluding carboxylic acids is 8. The fourth-order valence-corrected chi connectivity index (χ4v) is 9.79. The molecule has 6 rings (SSSR count). The molecule has 0 amide bonds. The van der Waals surface area contributed by atoms with Gasteiger partial charge in [0.1, 0.15) is 54.2 Å². The van der Waals surface area contributed by atoms with Crippen LogP contribution in [0.5, 0.6) is 0 Å². The highest BCUT2D eigenvalue weighted by Gasteiger charge is 2.91. The third-order valence-corrected chi connectivity index (χ3v) is 12.2. The first kappa shape index (κ1) is 46.5. The summed E-state index contributed by atoms with van der Waals surface area (Å²) in [5.41, 5.74) is -12.9. The first-order valence-electron chi connectivity index (χ1n) is 20.0. The quantitative estimate of drug-likeness (QED) is 0.279. The molecule has 1 saturated heterocycles. The molecule has 3 heterocycles. The van der Waals surface area contributed by atoms with Crippen molar-refractivity contribution in [3.63, 3.8) is 0 Å². The van der Waals surface area contributed by atoms with Gasteiger partial charge in [-0.1, -0.05) is 18.2 Å². The number of carbonyl (C=O) groups is 8. The van der Waals surface area contributed by atoms with Gasteiger partial charge in [0.2, 0.25) is 5.60 Å². The zero-order valence-corrected chi connectivity index (χ0v) is 35.8. The smallest absolute Gasteiger partial charge is 0.350 e. The van der Waals surface area contributed by atoms with Gasteiger partial charge in [-0.15, -0.1) is 0 Å². The van der Waals surface area contributed by atoms with Crippen molar-refractivity contribution in [2.45, 2.75) is 127 Å². The number of nitrogens with zero attached hydrogens (tertiary/aromatic N) is 1. The Kier molecular flexibility index (Phi) is 12.5. The monoisotopic (exact) mass is 883 g/mol. The molecule has 1 spiro atoms. The van der Waals surface area contributed by atoms with Crippen molar-refractivity contribution in [2.24, 2.45) is 11.3 Å². The molecule has 2 N–H and O–H groups in total. The third-order valence-electron chi connectivity index (χ3n) is 12.2. The number of esters is 8. The summed E-state index contributed by atoms with van der Waals surface area (Å²) in [7, 11) is 0. The zero-order chi connectivity index (χ0) is 46.4. The number of aryl methyl sites for hydroxylation is 1. The minimum atomic E-state index is -2.96. The number of aliphatic hydroxyl groups excluding tert-OH is 1. The number of hydrogen-bond donors (Lipinski definition) is 2. The van der Waals surface area contributed by atoms with E-state index in [1.807, 2.05) is 0 Å². The maximum absolute atomic E-state index is 14.9. The highest BCUT2D eigenvalue weighted by Crippen LogP contribution is 2.70. The van der Waals surface area contributed by atoms with Gasteiger partial charge >= 0.3 is 47.8 Å². The highest BCUT2D eigenvalue weighted by molar-refractivity contribution is 5.93. The SMILES string of the molecule is CC(=O)OCC12C(OC(C)=O)C(O)C3OC(=O)C(C)(OC(=O)c4ccccc4)CCc4ncccc4C(=O)OCC4(C)OC1(C(OC(C)=O)C4C(OC(C)=O)C2OC(C)=O)C3(C)O. The third kappa shape index (κ3) is 7.88. The van der Waals surface area contributed by atoms with E-state index < -0.39 is 138 Å². The predicted molar refractivity (Wildman–Crippen MR) is 207 cm³/mol. The van der Waals surface area contributed by atoms with Crippen LogP contribution in [0.25, 0.3) is 0 Å². The second kappa shape index (κ2) is 16.9. The van der Waals surface area contributed by atoms with Gasteiger partial charge in [0, 0.05) is 47.2 Å². The molecule has 12 unspecified atom stereocenters. The summed E-state index contributed by atoms with van der Waals surface area (Å²) in [6.07, 6.45) is -12.1. The summed E-state index contributed by atoms with van der Waals surface area (Å²) in [5.74, 6) is -10.3.